The summed E-state index contributed by atoms with van der Waals surface area (Å²) >= 11 is 0. The molecule has 1 heterocycles. The lowest BCUT2D eigenvalue weighted by Gasteiger charge is -2.15. The van der Waals surface area contributed by atoms with Gasteiger partial charge in [0.25, 0.3) is 5.91 Å². The molecule has 1 aromatic carbocycles. The summed E-state index contributed by atoms with van der Waals surface area (Å²) in [5.41, 5.74) is 3.04. The lowest BCUT2D eigenvalue weighted by molar-refractivity contribution is 0.0758. The van der Waals surface area contributed by atoms with Crippen LogP contribution in [0.4, 0.5) is 0 Å². The summed E-state index contributed by atoms with van der Waals surface area (Å²) in [6, 6.07) is 6.16. The van der Waals surface area contributed by atoms with Gasteiger partial charge in [0.2, 0.25) is 0 Å². The van der Waals surface area contributed by atoms with Crippen LogP contribution in [0, 0.1) is 12.8 Å². The smallest absolute Gasteiger partial charge is 0.289 e. The van der Waals surface area contributed by atoms with Gasteiger partial charge in [-0.05, 0) is 49.8 Å². The van der Waals surface area contributed by atoms with Crippen molar-refractivity contribution in [1.29, 1.82) is 0 Å². The maximum Gasteiger partial charge on any atom is 0.289 e. The van der Waals surface area contributed by atoms with Crippen LogP contribution in [-0.4, -0.2) is 24.4 Å². The van der Waals surface area contributed by atoms with E-state index >= 15 is 0 Å². The number of fused-ring (bicyclic) bond motifs is 1. The Labute approximate surface area is 119 Å². The standard InChI is InChI=1S/C17H21NO2/c1-4-12-7-8-15-14(9-12)11(2)16(20-15)17(19)18(3)10-13-5-6-13/h7-9,13H,4-6,10H2,1-3H3. The number of furan rings is 1. The van der Waals surface area contributed by atoms with Crippen LogP contribution in [-0.2, 0) is 6.42 Å². The number of carbonyl (C=O) groups excluding carboxylic acids is 1. The minimum Gasteiger partial charge on any atom is -0.451 e. The van der Waals surface area contributed by atoms with Crippen LogP contribution in [0.25, 0.3) is 11.0 Å². The molecule has 1 aliphatic carbocycles. The molecule has 1 fully saturated rings. The molecule has 0 unspecified atom stereocenters. The Kier molecular flexibility index (Phi) is 3.28. The van der Waals surface area contributed by atoms with Crippen LogP contribution in [0.2, 0.25) is 0 Å². The van der Waals surface area contributed by atoms with Gasteiger partial charge in [-0.25, -0.2) is 0 Å². The Morgan fingerprint density at radius 1 is 1.40 bits per heavy atom. The largest absolute Gasteiger partial charge is 0.451 e. The molecule has 3 rings (SSSR count). The molecule has 0 saturated heterocycles. The molecule has 0 radical (unpaired) electrons. The highest BCUT2D eigenvalue weighted by Gasteiger charge is 2.27. The second-order valence-electron chi connectivity index (χ2n) is 5.87. The van der Waals surface area contributed by atoms with Crippen molar-refractivity contribution in [1.82, 2.24) is 4.90 Å². The van der Waals surface area contributed by atoms with E-state index in [2.05, 4.69) is 19.1 Å². The van der Waals surface area contributed by atoms with E-state index in [0.717, 1.165) is 29.5 Å². The topological polar surface area (TPSA) is 33.5 Å². The molecule has 1 aromatic heterocycles. The van der Waals surface area contributed by atoms with Crippen molar-refractivity contribution < 1.29 is 9.21 Å². The van der Waals surface area contributed by atoms with E-state index in [1.807, 2.05) is 20.0 Å². The van der Waals surface area contributed by atoms with Gasteiger partial charge in [0, 0.05) is 24.5 Å². The van der Waals surface area contributed by atoms with Crippen molar-refractivity contribution in [2.75, 3.05) is 13.6 Å². The van der Waals surface area contributed by atoms with Crippen LogP contribution in [0.5, 0.6) is 0 Å². The Balaban J connectivity index is 1.94. The van der Waals surface area contributed by atoms with Gasteiger partial charge in [-0.15, -0.1) is 0 Å². The SMILES string of the molecule is CCc1ccc2oc(C(=O)N(C)CC3CC3)c(C)c2c1. The zero-order valence-electron chi connectivity index (χ0n) is 12.4. The third-order valence-corrected chi connectivity index (χ3v) is 4.18. The molecule has 1 amide bonds. The minimum absolute atomic E-state index is 0.00338. The van der Waals surface area contributed by atoms with E-state index in [0.29, 0.717) is 11.7 Å². The number of hydrogen-bond donors (Lipinski definition) is 0. The molecule has 3 nitrogen and oxygen atoms in total. The fraction of sp³-hybridized carbons (Fsp3) is 0.471. The van der Waals surface area contributed by atoms with Crippen molar-refractivity contribution >= 4 is 16.9 Å². The summed E-state index contributed by atoms with van der Waals surface area (Å²) in [4.78, 5) is 14.3. The van der Waals surface area contributed by atoms with E-state index in [1.54, 1.807) is 4.90 Å². The Hall–Kier alpha value is -1.77. The van der Waals surface area contributed by atoms with Crippen LogP contribution in [0.15, 0.2) is 22.6 Å². The molecule has 0 aliphatic heterocycles. The molecule has 1 saturated carbocycles. The van der Waals surface area contributed by atoms with Crippen LogP contribution < -0.4 is 0 Å². The second-order valence-corrected chi connectivity index (χ2v) is 5.87. The number of nitrogens with zero attached hydrogens (tertiary/aromatic N) is 1. The average molecular weight is 271 g/mol. The Morgan fingerprint density at radius 2 is 2.15 bits per heavy atom. The highest BCUT2D eigenvalue weighted by molar-refractivity contribution is 5.99. The van der Waals surface area contributed by atoms with E-state index in [9.17, 15) is 4.79 Å². The molecular weight excluding hydrogens is 250 g/mol. The highest BCUT2D eigenvalue weighted by atomic mass is 16.3. The first-order valence-electron chi connectivity index (χ1n) is 7.37. The van der Waals surface area contributed by atoms with Gasteiger partial charge >= 0.3 is 0 Å². The average Bonchev–Trinajstić information content (AvgIpc) is 3.21. The number of hydrogen-bond acceptors (Lipinski definition) is 2. The molecule has 3 heteroatoms. The number of benzene rings is 1. The molecule has 1 aliphatic rings. The first kappa shape index (κ1) is 13.2. The zero-order valence-corrected chi connectivity index (χ0v) is 12.4. The Morgan fingerprint density at radius 3 is 2.80 bits per heavy atom. The van der Waals surface area contributed by atoms with Crippen LogP contribution in [0.1, 0.15) is 41.4 Å². The predicted octanol–water partition coefficient (Wildman–Crippen LogP) is 3.79. The number of aryl methyl sites for hydroxylation is 2. The van der Waals surface area contributed by atoms with Crippen molar-refractivity contribution in [3.05, 3.63) is 35.1 Å². The zero-order chi connectivity index (χ0) is 14.3. The first-order valence-corrected chi connectivity index (χ1v) is 7.37. The molecule has 0 spiro atoms. The number of rotatable bonds is 4. The van der Waals surface area contributed by atoms with Crippen molar-refractivity contribution in [3.63, 3.8) is 0 Å². The van der Waals surface area contributed by atoms with Crippen molar-refractivity contribution in [2.45, 2.75) is 33.1 Å². The summed E-state index contributed by atoms with van der Waals surface area (Å²) in [6.45, 7) is 4.95. The van der Waals surface area contributed by atoms with Crippen LogP contribution in [0.3, 0.4) is 0 Å². The maximum atomic E-state index is 12.5. The highest BCUT2D eigenvalue weighted by Crippen LogP contribution is 2.31. The molecule has 20 heavy (non-hydrogen) atoms. The number of amides is 1. The first-order chi connectivity index (χ1) is 9.60. The monoisotopic (exact) mass is 271 g/mol. The summed E-state index contributed by atoms with van der Waals surface area (Å²) in [5, 5.41) is 1.06. The van der Waals surface area contributed by atoms with Gasteiger partial charge in [-0.1, -0.05) is 13.0 Å². The second kappa shape index (κ2) is 4.97. The van der Waals surface area contributed by atoms with E-state index < -0.39 is 0 Å². The van der Waals surface area contributed by atoms with E-state index in [1.165, 1.54) is 18.4 Å². The molecule has 0 N–H and O–H groups in total. The summed E-state index contributed by atoms with van der Waals surface area (Å²) < 4.78 is 5.79. The minimum atomic E-state index is 0.00338. The van der Waals surface area contributed by atoms with Gasteiger partial charge in [-0.3, -0.25) is 4.79 Å². The van der Waals surface area contributed by atoms with Gasteiger partial charge in [0.15, 0.2) is 5.76 Å². The fourth-order valence-corrected chi connectivity index (χ4v) is 2.64. The lowest BCUT2D eigenvalue weighted by Crippen LogP contribution is -2.28. The maximum absolute atomic E-state index is 12.5. The molecule has 2 aromatic rings. The van der Waals surface area contributed by atoms with Crippen molar-refractivity contribution in [3.8, 4) is 0 Å². The van der Waals surface area contributed by atoms with E-state index in [4.69, 9.17) is 4.42 Å². The predicted molar refractivity (Wildman–Crippen MR) is 80.0 cm³/mol. The van der Waals surface area contributed by atoms with Gasteiger partial charge in [0.1, 0.15) is 5.58 Å². The van der Waals surface area contributed by atoms with Gasteiger partial charge < -0.3 is 9.32 Å². The third kappa shape index (κ3) is 2.33. The summed E-state index contributed by atoms with van der Waals surface area (Å²) in [5.74, 6) is 1.19. The van der Waals surface area contributed by atoms with Crippen molar-refractivity contribution in [2.24, 2.45) is 5.92 Å². The van der Waals surface area contributed by atoms with Gasteiger partial charge in [-0.2, -0.15) is 0 Å². The fourth-order valence-electron chi connectivity index (χ4n) is 2.64. The Bertz CT molecular complexity index is 652. The lowest BCUT2D eigenvalue weighted by atomic mass is 10.1. The molecule has 0 atom stereocenters. The number of carbonyl (C=O) groups is 1. The van der Waals surface area contributed by atoms with Crippen LogP contribution >= 0.6 is 0 Å². The quantitative estimate of drug-likeness (QED) is 0.847. The summed E-state index contributed by atoms with van der Waals surface area (Å²) in [7, 11) is 1.87. The molecule has 0 bridgehead atoms. The molecule has 106 valence electrons. The van der Waals surface area contributed by atoms with E-state index in [-0.39, 0.29) is 5.91 Å². The third-order valence-electron chi connectivity index (χ3n) is 4.18. The molecular formula is C17H21NO2. The van der Waals surface area contributed by atoms with Gasteiger partial charge in [0.05, 0.1) is 0 Å². The summed E-state index contributed by atoms with van der Waals surface area (Å²) in [6.07, 6.45) is 3.48. The normalized spacial score (nSPS) is 14.8.